The second-order valence-corrected chi connectivity index (χ2v) is 7.59. The van der Waals surface area contributed by atoms with Crippen molar-refractivity contribution in [2.45, 2.75) is 83.3 Å². The van der Waals surface area contributed by atoms with Crippen LogP contribution in [0.5, 0.6) is 0 Å². The number of aliphatic carboxylic acids is 1. The first-order valence-corrected chi connectivity index (χ1v) is 9.76. The van der Waals surface area contributed by atoms with E-state index in [1.807, 2.05) is 12.2 Å². The van der Waals surface area contributed by atoms with Gasteiger partial charge in [0.2, 0.25) is 0 Å². The SMILES string of the molecule is CCCCC[C@](C)(O)/C=C\[C@H]1C(=O)C[C@H](O)[C@@H]1C/C=C/CCCC(=O)O. The number of ketones is 1. The molecule has 1 aliphatic rings. The first-order valence-electron chi connectivity index (χ1n) is 9.76. The van der Waals surface area contributed by atoms with E-state index < -0.39 is 17.7 Å². The van der Waals surface area contributed by atoms with Gasteiger partial charge in [-0.1, -0.05) is 50.5 Å². The van der Waals surface area contributed by atoms with Crippen LogP contribution < -0.4 is 0 Å². The van der Waals surface area contributed by atoms with Crippen LogP contribution in [0.2, 0.25) is 0 Å². The first-order chi connectivity index (χ1) is 12.3. The molecule has 0 aliphatic heterocycles. The molecule has 1 fully saturated rings. The van der Waals surface area contributed by atoms with Crippen molar-refractivity contribution >= 4 is 11.8 Å². The lowest BCUT2D eigenvalue weighted by Gasteiger charge is -2.21. The van der Waals surface area contributed by atoms with Crippen molar-refractivity contribution in [1.29, 1.82) is 0 Å². The Kier molecular flexibility index (Phi) is 9.81. The van der Waals surface area contributed by atoms with Crippen molar-refractivity contribution in [3.05, 3.63) is 24.3 Å². The molecule has 1 aliphatic carbocycles. The van der Waals surface area contributed by atoms with E-state index in [4.69, 9.17) is 5.11 Å². The number of carbonyl (C=O) groups excluding carboxylic acids is 1. The molecule has 1 saturated carbocycles. The van der Waals surface area contributed by atoms with E-state index in [0.29, 0.717) is 25.7 Å². The standard InChI is InChI=1S/C21H34O5/c1-3-4-9-13-21(2,26)14-12-17-16(18(22)15-19(17)23)10-7-5-6-8-11-20(24)25/h5,7,12,14,16-18,22,26H,3-4,6,8-11,13,15H2,1-2H3,(H,24,25)/b7-5+,14-12-/t16-,17-,18+,21+/m1/s1. The minimum Gasteiger partial charge on any atom is -0.481 e. The van der Waals surface area contributed by atoms with Gasteiger partial charge in [0.05, 0.1) is 11.7 Å². The highest BCUT2D eigenvalue weighted by molar-refractivity contribution is 5.86. The summed E-state index contributed by atoms with van der Waals surface area (Å²) in [5, 5.41) is 29.2. The summed E-state index contributed by atoms with van der Waals surface area (Å²) in [7, 11) is 0. The molecule has 5 heteroatoms. The lowest BCUT2D eigenvalue weighted by atomic mass is 9.88. The fourth-order valence-corrected chi connectivity index (χ4v) is 3.39. The topological polar surface area (TPSA) is 94.8 Å². The number of carboxylic acid groups (broad SMARTS) is 1. The van der Waals surface area contributed by atoms with Gasteiger partial charge in [-0.05, 0) is 32.6 Å². The van der Waals surface area contributed by atoms with Crippen LogP contribution in [-0.4, -0.2) is 38.8 Å². The predicted octanol–water partition coefficient (Wildman–Crippen LogP) is 3.64. The predicted molar refractivity (Wildman–Crippen MR) is 102 cm³/mol. The van der Waals surface area contributed by atoms with Crippen molar-refractivity contribution in [2.75, 3.05) is 0 Å². The van der Waals surface area contributed by atoms with Gasteiger partial charge in [0, 0.05) is 24.7 Å². The lowest BCUT2D eigenvalue weighted by Crippen LogP contribution is -2.23. The summed E-state index contributed by atoms with van der Waals surface area (Å²) in [5.74, 6) is -1.33. The molecule has 26 heavy (non-hydrogen) atoms. The molecule has 0 aromatic heterocycles. The van der Waals surface area contributed by atoms with Gasteiger partial charge in [-0.3, -0.25) is 9.59 Å². The minimum atomic E-state index is -0.930. The highest BCUT2D eigenvalue weighted by atomic mass is 16.4. The summed E-state index contributed by atoms with van der Waals surface area (Å²) >= 11 is 0. The molecule has 3 N–H and O–H groups in total. The molecule has 0 aromatic carbocycles. The highest BCUT2D eigenvalue weighted by Gasteiger charge is 2.39. The van der Waals surface area contributed by atoms with E-state index in [1.165, 1.54) is 0 Å². The largest absolute Gasteiger partial charge is 0.481 e. The summed E-state index contributed by atoms with van der Waals surface area (Å²) in [5.41, 5.74) is -0.930. The van der Waals surface area contributed by atoms with Crippen molar-refractivity contribution < 1.29 is 24.9 Å². The maximum absolute atomic E-state index is 12.2. The summed E-state index contributed by atoms with van der Waals surface area (Å²) in [4.78, 5) is 22.7. The smallest absolute Gasteiger partial charge is 0.303 e. The van der Waals surface area contributed by atoms with Gasteiger partial charge < -0.3 is 15.3 Å². The van der Waals surface area contributed by atoms with Gasteiger partial charge >= 0.3 is 5.97 Å². The average molecular weight is 366 g/mol. The van der Waals surface area contributed by atoms with Crippen LogP contribution in [-0.2, 0) is 9.59 Å². The van der Waals surface area contributed by atoms with Crippen molar-refractivity contribution in [2.24, 2.45) is 11.8 Å². The van der Waals surface area contributed by atoms with Crippen LogP contribution in [0.4, 0.5) is 0 Å². The fraction of sp³-hybridized carbons (Fsp3) is 0.714. The van der Waals surface area contributed by atoms with Gasteiger partial charge in [-0.2, -0.15) is 0 Å². The normalized spacial score (nSPS) is 26.0. The number of unbranched alkanes of at least 4 members (excludes halogenated alkanes) is 3. The Hall–Kier alpha value is -1.46. The van der Waals surface area contributed by atoms with Gasteiger partial charge in [0.25, 0.3) is 0 Å². The van der Waals surface area contributed by atoms with Crippen LogP contribution in [0.1, 0.15) is 71.6 Å². The number of hydrogen-bond acceptors (Lipinski definition) is 4. The molecular weight excluding hydrogens is 332 g/mol. The number of rotatable bonds is 12. The maximum atomic E-state index is 12.2. The third-order valence-electron chi connectivity index (χ3n) is 5.02. The van der Waals surface area contributed by atoms with Gasteiger partial charge in [0.1, 0.15) is 5.78 Å². The van der Waals surface area contributed by atoms with Crippen molar-refractivity contribution in [3.8, 4) is 0 Å². The van der Waals surface area contributed by atoms with E-state index in [-0.39, 0.29) is 30.5 Å². The third-order valence-corrected chi connectivity index (χ3v) is 5.02. The highest BCUT2D eigenvalue weighted by Crippen LogP contribution is 2.34. The molecule has 0 heterocycles. The van der Waals surface area contributed by atoms with Crippen molar-refractivity contribution in [3.63, 3.8) is 0 Å². The molecule has 5 nitrogen and oxygen atoms in total. The molecule has 4 atom stereocenters. The lowest BCUT2D eigenvalue weighted by molar-refractivity contribution is -0.137. The summed E-state index contributed by atoms with van der Waals surface area (Å²) in [6, 6.07) is 0. The number of Topliss-reactive ketones (excluding diaryl/α,β-unsaturated/α-hetero) is 1. The van der Waals surface area contributed by atoms with Crippen LogP contribution in [0.3, 0.4) is 0 Å². The van der Waals surface area contributed by atoms with Crippen LogP contribution in [0.15, 0.2) is 24.3 Å². The first kappa shape index (κ1) is 22.6. The van der Waals surface area contributed by atoms with Crippen LogP contribution in [0.25, 0.3) is 0 Å². The second kappa shape index (κ2) is 11.3. The Morgan fingerprint density at radius 2 is 2.00 bits per heavy atom. The molecule has 0 radical (unpaired) electrons. The average Bonchev–Trinajstić information content (AvgIpc) is 2.82. The van der Waals surface area contributed by atoms with Crippen LogP contribution >= 0.6 is 0 Å². The van der Waals surface area contributed by atoms with E-state index in [9.17, 15) is 19.8 Å². The second-order valence-electron chi connectivity index (χ2n) is 7.59. The monoisotopic (exact) mass is 366 g/mol. The minimum absolute atomic E-state index is 0.0161. The van der Waals surface area contributed by atoms with E-state index >= 15 is 0 Å². The molecule has 0 aromatic rings. The van der Waals surface area contributed by atoms with Gasteiger partial charge in [0.15, 0.2) is 0 Å². The van der Waals surface area contributed by atoms with Crippen molar-refractivity contribution in [1.82, 2.24) is 0 Å². The van der Waals surface area contributed by atoms with Gasteiger partial charge in [-0.15, -0.1) is 0 Å². The maximum Gasteiger partial charge on any atom is 0.303 e. The quantitative estimate of drug-likeness (QED) is 0.362. The molecule has 0 bridgehead atoms. The zero-order valence-corrected chi connectivity index (χ0v) is 16.1. The molecule has 148 valence electrons. The molecule has 0 spiro atoms. The zero-order valence-electron chi connectivity index (χ0n) is 16.1. The Bertz CT molecular complexity index is 507. The number of aliphatic hydroxyl groups is 2. The zero-order chi connectivity index (χ0) is 19.6. The summed E-state index contributed by atoms with van der Waals surface area (Å²) < 4.78 is 0. The number of carboxylic acids is 1. The molecule has 0 unspecified atom stereocenters. The fourth-order valence-electron chi connectivity index (χ4n) is 3.39. The molecule has 1 rings (SSSR count). The Labute approximate surface area is 156 Å². The molecular formula is C21H34O5. The molecule has 0 amide bonds. The van der Waals surface area contributed by atoms with E-state index in [0.717, 1.165) is 19.3 Å². The number of carbonyl (C=O) groups is 2. The Balaban J connectivity index is 2.58. The molecule has 0 saturated heterocycles. The Morgan fingerprint density at radius 3 is 2.65 bits per heavy atom. The van der Waals surface area contributed by atoms with Crippen LogP contribution in [0, 0.1) is 11.8 Å². The van der Waals surface area contributed by atoms with Gasteiger partial charge in [-0.25, -0.2) is 0 Å². The summed E-state index contributed by atoms with van der Waals surface area (Å²) in [6.07, 6.45) is 12.6. The Morgan fingerprint density at radius 1 is 1.27 bits per heavy atom. The third kappa shape index (κ3) is 8.28. The summed E-state index contributed by atoms with van der Waals surface area (Å²) in [6.45, 7) is 3.87. The number of allylic oxidation sites excluding steroid dienone is 3. The number of aliphatic hydroxyl groups excluding tert-OH is 1. The van der Waals surface area contributed by atoms with E-state index in [2.05, 4.69) is 6.92 Å². The van der Waals surface area contributed by atoms with E-state index in [1.54, 1.807) is 19.1 Å². The number of hydrogen-bond donors (Lipinski definition) is 3.